The van der Waals surface area contributed by atoms with Crippen molar-refractivity contribution in [3.63, 3.8) is 0 Å². The molecule has 1 aromatic carbocycles. The van der Waals surface area contributed by atoms with Crippen molar-refractivity contribution in [2.45, 2.75) is 19.8 Å². The van der Waals surface area contributed by atoms with Gasteiger partial charge in [0.25, 0.3) is 5.91 Å². The molecule has 0 radical (unpaired) electrons. The number of Topliss-reactive ketones (excluding diaryl/α,β-unsaturated/α-hetero) is 1. The third kappa shape index (κ3) is 2.67. The SMILES string of the molecule is Cc1cc(Cl)ccc1C(=O)N1CCCC(=O)C1. The highest BCUT2D eigenvalue weighted by atomic mass is 35.5. The first-order chi connectivity index (χ1) is 8.08. The fraction of sp³-hybridized carbons (Fsp3) is 0.385. The van der Waals surface area contributed by atoms with Gasteiger partial charge < -0.3 is 4.90 Å². The topological polar surface area (TPSA) is 37.4 Å². The molecular weight excluding hydrogens is 238 g/mol. The largest absolute Gasteiger partial charge is 0.331 e. The summed E-state index contributed by atoms with van der Waals surface area (Å²) >= 11 is 5.85. The van der Waals surface area contributed by atoms with E-state index in [0.29, 0.717) is 23.6 Å². The zero-order valence-corrected chi connectivity index (χ0v) is 10.5. The first-order valence-corrected chi connectivity index (χ1v) is 6.03. The summed E-state index contributed by atoms with van der Waals surface area (Å²) < 4.78 is 0. The van der Waals surface area contributed by atoms with Crippen LogP contribution < -0.4 is 0 Å². The average molecular weight is 252 g/mol. The van der Waals surface area contributed by atoms with E-state index in [1.54, 1.807) is 23.1 Å². The minimum Gasteiger partial charge on any atom is -0.331 e. The molecule has 4 heteroatoms. The number of halogens is 1. The molecule has 1 amide bonds. The van der Waals surface area contributed by atoms with E-state index < -0.39 is 0 Å². The van der Waals surface area contributed by atoms with Crippen LogP contribution in [-0.4, -0.2) is 29.7 Å². The second-order valence-corrected chi connectivity index (χ2v) is 4.76. The fourth-order valence-corrected chi connectivity index (χ4v) is 2.28. The molecule has 0 aromatic heterocycles. The summed E-state index contributed by atoms with van der Waals surface area (Å²) in [7, 11) is 0. The minimum absolute atomic E-state index is 0.0767. The van der Waals surface area contributed by atoms with Crippen molar-refractivity contribution in [2.24, 2.45) is 0 Å². The maximum Gasteiger partial charge on any atom is 0.254 e. The molecule has 3 nitrogen and oxygen atoms in total. The molecule has 17 heavy (non-hydrogen) atoms. The number of piperidine rings is 1. The Morgan fingerprint density at radius 3 is 2.82 bits per heavy atom. The van der Waals surface area contributed by atoms with Gasteiger partial charge in [-0.05, 0) is 37.1 Å². The molecule has 0 atom stereocenters. The van der Waals surface area contributed by atoms with Gasteiger partial charge >= 0.3 is 0 Å². The van der Waals surface area contributed by atoms with Crippen LogP contribution in [0.1, 0.15) is 28.8 Å². The Bertz CT molecular complexity index is 470. The van der Waals surface area contributed by atoms with Gasteiger partial charge in [0.2, 0.25) is 0 Å². The lowest BCUT2D eigenvalue weighted by molar-refractivity contribution is -0.121. The van der Waals surface area contributed by atoms with Gasteiger partial charge in [-0.3, -0.25) is 9.59 Å². The number of benzene rings is 1. The lowest BCUT2D eigenvalue weighted by Gasteiger charge is -2.26. The van der Waals surface area contributed by atoms with Crippen molar-refractivity contribution < 1.29 is 9.59 Å². The number of hydrogen-bond acceptors (Lipinski definition) is 2. The third-order valence-corrected chi connectivity index (χ3v) is 3.19. The number of rotatable bonds is 1. The van der Waals surface area contributed by atoms with Crippen LogP contribution in [0.15, 0.2) is 18.2 Å². The standard InChI is InChI=1S/C13H14ClNO2/c1-9-7-10(14)4-5-12(9)13(17)15-6-2-3-11(16)8-15/h4-5,7H,2-3,6,8H2,1H3. The molecule has 1 fully saturated rings. The van der Waals surface area contributed by atoms with E-state index in [9.17, 15) is 9.59 Å². The molecular formula is C13H14ClNO2. The van der Waals surface area contributed by atoms with Crippen molar-refractivity contribution in [1.29, 1.82) is 0 Å². The predicted molar refractivity (Wildman–Crippen MR) is 66.3 cm³/mol. The average Bonchev–Trinajstić information content (AvgIpc) is 2.28. The third-order valence-electron chi connectivity index (χ3n) is 2.96. The Hall–Kier alpha value is -1.35. The fourth-order valence-electron chi connectivity index (χ4n) is 2.05. The summed E-state index contributed by atoms with van der Waals surface area (Å²) in [5.41, 5.74) is 1.48. The second kappa shape index (κ2) is 4.88. The van der Waals surface area contributed by atoms with Crippen molar-refractivity contribution in [3.8, 4) is 0 Å². The van der Waals surface area contributed by atoms with Crippen LogP contribution in [0.2, 0.25) is 5.02 Å². The van der Waals surface area contributed by atoms with Gasteiger partial charge in [-0.15, -0.1) is 0 Å². The van der Waals surface area contributed by atoms with E-state index in [1.165, 1.54) is 0 Å². The molecule has 0 spiro atoms. The highest BCUT2D eigenvalue weighted by Gasteiger charge is 2.23. The molecule has 90 valence electrons. The molecule has 1 saturated heterocycles. The molecule has 1 heterocycles. The maximum absolute atomic E-state index is 12.2. The minimum atomic E-state index is -0.0767. The van der Waals surface area contributed by atoms with E-state index in [0.717, 1.165) is 12.0 Å². The Morgan fingerprint density at radius 2 is 2.18 bits per heavy atom. The van der Waals surface area contributed by atoms with Crippen molar-refractivity contribution >= 4 is 23.3 Å². The van der Waals surface area contributed by atoms with Gasteiger partial charge in [0, 0.05) is 23.6 Å². The quantitative estimate of drug-likeness (QED) is 0.769. The van der Waals surface area contributed by atoms with E-state index in [-0.39, 0.29) is 18.2 Å². The van der Waals surface area contributed by atoms with Crippen LogP contribution in [0.4, 0.5) is 0 Å². The smallest absolute Gasteiger partial charge is 0.254 e. The number of hydrogen-bond donors (Lipinski definition) is 0. The summed E-state index contributed by atoms with van der Waals surface area (Å²) in [6.45, 7) is 2.75. The number of carbonyl (C=O) groups excluding carboxylic acids is 2. The lowest BCUT2D eigenvalue weighted by Crippen LogP contribution is -2.40. The monoisotopic (exact) mass is 251 g/mol. The summed E-state index contributed by atoms with van der Waals surface area (Å²) in [5.74, 6) is 0.0587. The molecule has 0 unspecified atom stereocenters. The summed E-state index contributed by atoms with van der Waals surface area (Å²) in [6, 6.07) is 5.19. The second-order valence-electron chi connectivity index (χ2n) is 4.33. The number of ketones is 1. The number of carbonyl (C=O) groups is 2. The highest BCUT2D eigenvalue weighted by Crippen LogP contribution is 2.18. The zero-order chi connectivity index (χ0) is 12.4. The van der Waals surface area contributed by atoms with Crippen LogP contribution in [-0.2, 0) is 4.79 Å². The Balaban J connectivity index is 2.21. The molecule has 0 N–H and O–H groups in total. The van der Waals surface area contributed by atoms with Crippen LogP contribution in [0.3, 0.4) is 0 Å². The first kappa shape index (κ1) is 12.1. The first-order valence-electron chi connectivity index (χ1n) is 5.65. The van der Waals surface area contributed by atoms with Crippen LogP contribution in [0, 0.1) is 6.92 Å². The summed E-state index contributed by atoms with van der Waals surface area (Å²) in [5, 5.41) is 0.619. The Morgan fingerprint density at radius 1 is 1.41 bits per heavy atom. The Labute approximate surface area is 105 Å². The molecule has 0 bridgehead atoms. The predicted octanol–water partition coefficient (Wildman–Crippen LogP) is 2.45. The van der Waals surface area contributed by atoms with E-state index >= 15 is 0 Å². The molecule has 2 rings (SSSR count). The van der Waals surface area contributed by atoms with E-state index in [4.69, 9.17) is 11.6 Å². The Kier molecular flexibility index (Phi) is 3.48. The van der Waals surface area contributed by atoms with Gasteiger partial charge in [-0.2, -0.15) is 0 Å². The summed E-state index contributed by atoms with van der Waals surface area (Å²) in [6.07, 6.45) is 1.35. The van der Waals surface area contributed by atoms with Gasteiger partial charge in [0.05, 0.1) is 6.54 Å². The molecule has 0 saturated carbocycles. The van der Waals surface area contributed by atoms with Crippen molar-refractivity contribution in [1.82, 2.24) is 4.90 Å². The number of likely N-dealkylation sites (tertiary alicyclic amines) is 1. The van der Waals surface area contributed by atoms with Gasteiger partial charge in [-0.1, -0.05) is 11.6 Å². The lowest BCUT2D eigenvalue weighted by atomic mass is 10.0. The molecule has 1 aromatic rings. The van der Waals surface area contributed by atoms with Crippen molar-refractivity contribution in [3.05, 3.63) is 34.3 Å². The van der Waals surface area contributed by atoms with Gasteiger partial charge in [0.15, 0.2) is 5.78 Å². The maximum atomic E-state index is 12.2. The van der Waals surface area contributed by atoms with E-state index in [1.807, 2.05) is 6.92 Å². The normalized spacial score (nSPS) is 16.1. The van der Waals surface area contributed by atoms with Crippen LogP contribution in [0.5, 0.6) is 0 Å². The number of amides is 1. The zero-order valence-electron chi connectivity index (χ0n) is 9.70. The van der Waals surface area contributed by atoms with Crippen LogP contribution >= 0.6 is 11.6 Å². The number of aryl methyl sites for hydroxylation is 1. The van der Waals surface area contributed by atoms with Gasteiger partial charge in [0.1, 0.15) is 0 Å². The molecule has 1 aliphatic rings. The number of nitrogens with zero attached hydrogens (tertiary/aromatic N) is 1. The van der Waals surface area contributed by atoms with Crippen molar-refractivity contribution in [2.75, 3.05) is 13.1 Å². The highest BCUT2D eigenvalue weighted by molar-refractivity contribution is 6.30. The van der Waals surface area contributed by atoms with Gasteiger partial charge in [-0.25, -0.2) is 0 Å². The molecule has 0 aliphatic carbocycles. The van der Waals surface area contributed by atoms with E-state index in [2.05, 4.69) is 0 Å². The molecule has 1 aliphatic heterocycles. The summed E-state index contributed by atoms with van der Waals surface area (Å²) in [4.78, 5) is 25.2. The van der Waals surface area contributed by atoms with Crippen LogP contribution in [0.25, 0.3) is 0 Å².